The standard InChI is InChI=1S/C8H16N2O2.2C2H6/c1-9-3-5-10(6-4-9)7-8(11)12-2;2*1-2/h3-7H2,1-2H3;2*1-2H3. The van der Waals surface area contributed by atoms with Crippen molar-refractivity contribution in [2.24, 2.45) is 0 Å². The monoisotopic (exact) mass is 232 g/mol. The first kappa shape index (κ1) is 17.8. The highest BCUT2D eigenvalue weighted by molar-refractivity contribution is 5.71. The van der Waals surface area contributed by atoms with E-state index in [-0.39, 0.29) is 5.97 Å². The van der Waals surface area contributed by atoms with E-state index in [1.54, 1.807) is 0 Å². The molecule has 0 atom stereocenters. The quantitative estimate of drug-likeness (QED) is 0.675. The van der Waals surface area contributed by atoms with Crippen molar-refractivity contribution < 1.29 is 9.53 Å². The summed E-state index contributed by atoms with van der Waals surface area (Å²) in [6, 6.07) is 0. The Labute approximate surface area is 101 Å². The Bertz CT molecular complexity index is 155. The van der Waals surface area contributed by atoms with Crippen molar-refractivity contribution in [3.05, 3.63) is 0 Å². The third-order valence-corrected chi connectivity index (χ3v) is 2.18. The highest BCUT2D eigenvalue weighted by Crippen LogP contribution is 1.98. The number of methoxy groups -OCH3 is 1. The van der Waals surface area contributed by atoms with Gasteiger partial charge in [0.1, 0.15) is 0 Å². The molecular weight excluding hydrogens is 204 g/mol. The van der Waals surface area contributed by atoms with Crippen LogP contribution in [0.4, 0.5) is 0 Å². The molecule has 1 aliphatic rings. The molecule has 0 radical (unpaired) electrons. The Morgan fingerprint density at radius 3 is 1.88 bits per heavy atom. The minimum Gasteiger partial charge on any atom is -0.468 e. The molecule has 0 aliphatic carbocycles. The van der Waals surface area contributed by atoms with Crippen molar-refractivity contribution in [1.29, 1.82) is 0 Å². The van der Waals surface area contributed by atoms with Crippen LogP contribution in [0.15, 0.2) is 0 Å². The summed E-state index contributed by atoms with van der Waals surface area (Å²) in [6.07, 6.45) is 0. The Balaban J connectivity index is 0. The Morgan fingerprint density at radius 1 is 1.06 bits per heavy atom. The Morgan fingerprint density at radius 2 is 1.50 bits per heavy atom. The summed E-state index contributed by atoms with van der Waals surface area (Å²) >= 11 is 0. The number of carbonyl (C=O) groups is 1. The van der Waals surface area contributed by atoms with Crippen LogP contribution in [-0.4, -0.2) is 62.7 Å². The number of hydrogen-bond donors (Lipinski definition) is 0. The largest absolute Gasteiger partial charge is 0.468 e. The van der Waals surface area contributed by atoms with E-state index in [1.165, 1.54) is 7.11 Å². The number of ether oxygens (including phenoxy) is 1. The molecule has 98 valence electrons. The maximum atomic E-state index is 10.9. The summed E-state index contributed by atoms with van der Waals surface area (Å²) in [7, 11) is 3.52. The highest BCUT2D eigenvalue weighted by atomic mass is 16.5. The second-order valence-electron chi connectivity index (χ2n) is 3.16. The number of nitrogens with zero attached hydrogens (tertiary/aromatic N) is 2. The normalized spacial score (nSPS) is 16.4. The number of carbonyl (C=O) groups excluding carboxylic acids is 1. The number of hydrogen-bond acceptors (Lipinski definition) is 4. The van der Waals surface area contributed by atoms with Crippen molar-refractivity contribution in [2.75, 3.05) is 46.9 Å². The van der Waals surface area contributed by atoms with E-state index in [9.17, 15) is 4.79 Å². The first-order valence-electron chi connectivity index (χ1n) is 6.20. The summed E-state index contributed by atoms with van der Waals surface area (Å²) < 4.78 is 4.59. The minimum absolute atomic E-state index is 0.139. The van der Waals surface area contributed by atoms with Crippen molar-refractivity contribution in [3.8, 4) is 0 Å². The van der Waals surface area contributed by atoms with Gasteiger partial charge in [-0.1, -0.05) is 27.7 Å². The van der Waals surface area contributed by atoms with Crippen LogP contribution in [-0.2, 0) is 9.53 Å². The van der Waals surface area contributed by atoms with Crippen LogP contribution in [0.2, 0.25) is 0 Å². The van der Waals surface area contributed by atoms with Crippen molar-refractivity contribution in [1.82, 2.24) is 9.80 Å². The maximum absolute atomic E-state index is 10.9. The summed E-state index contributed by atoms with van der Waals surface area (Å²) in [5, 5.41) is 0. The zero-order valence-corrected chi connectivity index (χ0v) is 11.7. The van der Waals surface area contributed by atoms with Crippen LogP contribution in [0, 0.1) is 0 Å². The topological polar surface area (TPSA) is 32.8 Å². The summed E-state index contributed by atoms with van der Waals surface area (Å²) in [5.41, 5.74) is 0. The number of esters is 1. The van der Waals surface area contributed by atoms with Crippen LogP contribution in [0.5, 0.6) is 0 Å². The molecule has 1 rings (SSSR count). The Hall–Kier alpha value is -0.610. The predicted molar refractivity (Wildman–Crippen MR) is 68.6 cm³/mol. The van der Waals surface area contributed by atoms with Crippen LogP contribution in [0.3, 0.4) is 0 Å². The van der Waals surface area contributed by atoms with Crippen LogP contribution in [0.1, 0.15) is 27.7 Å². The lowest BCUT2D eigenvalue weighted by Gasteiger charge is -2.31. The lowest BCUT2D eigenvalue weighted by atomic mass is 10.3. The zero-order valence-electron chi connectivity index (χ0n) is 11.7. The van der Waals surface area contributed by atoms with Crippen molar-refractivity contribution in [2.45, 2.75) is 27.7 Å². The number of likely N-dealkylation sites (N-methyl/N-ethyl adjacent to an activating group) is 1. The van der Waals surface area contributed by atoms with Crippen molar-refractivity contribution in [3.63, 3.8) is 0 Å². The molecule has 0 aromatic rings. The first-order valence-corrected chi connectivity index (χ1v) is 6.20. The van der Waals surface area contributed by atoms with Gasteiger partial charge in [-0.05, 0) is 7.05 Å². The molecule has 4 nitrogen and oxygen atoms in total. The third-order valence-electron chi connectivity index (χ3n) is 2.18. The van der Waals surface area contributed by atoms with Gasteiger partial charge in [-0.2, -0.15) is 0 Å². The van der Waals surface area contributed by atoms with E-state index >= 15 is 0 Å². The molecule has 1 aliphatic heterocycles. The number of rotatable bonds is 2. The fraction of sp³-hybridized carbons (Fsp3) is 0.917. The smallest absolute Gasteiger partial charge is 0.319 e. The predicted octanol–water partition coefficient (Wildman–Crippen LogP) is 1.46. The molecule has 0 amide bonds. The molecule has 1 fully saturated rings. The Kier molecular flexibility index (Phi) is 13.8. The second-order valence-corrected chi connectivity index (χ2v) is 3.16. The van der Waals surface area contributed by atoms with Gasteiger partial charge < -0.3 is 9.64 Å². The second kappa shape index (κ2) is 12.5. The lowest BCUT2D eigenvalue weighted by molar-refractivity contribution is -0.142. The van der Waals surface area contributed by atoms with Gasteiger partial charge in [0.15, 0.2) is 0 Å². The average Bonchev–Trinajstić information content (AvgIpc) is 2.37. The van der Waals surface area contributed by atoms with E-state index in [0.717, 1.165) is 26.2 Å². The molecule has 1 heterocycles. The number of piperazine rings is 1. The van der Waals surface area contributed by atoms with E-state index < -0.39 is 0 Å². The molecule has 0 N–H and O–H groups in total. The fourth-order valence-corrected chi connectivity index (χ4v) is 1.25. The summed E-state index contributed by atoms with van der Waals surface area (Å²) in [6.45, 7) is 12.4. The molecule has 0 bridgehead atoms. The van der Waals surface area contributed by atoms with E-state index in [4.69, 9.17) is 0 Å². The molecule has 0 unspecified atom stereocenters. The average molecular weight is 232 g/mol. The van der Waals surface area contributed by atoms with Crippen LogP contribution in [0.25, 0.3) is 0 Å². The van der Waals surface area contributed by atoms with E-state index in [2.05, 4.69) is 21.6 Å². The molecule has 16 heavy (non-hydrogen) atoms. The van der Waals surface area contributed by atoms with Gasteiger partial charge in [-0.3, -0.25) is 9.69 Å². The van der Waals surface area contributed by atoms with Gasteiger partial charge in [0, 0.05) is 26.2 Å². The van der Waals surface area contributed by atoms with Gasteiger partial charge in [-0.15, -0.1) is 0 Å². The molecule has 0 saturated carbocycles. The van der Waals surface area contributed by atoms with E-state index in [1.807, 2.05) is 27.7 Å². The molecule has 4 heteroatoms. The third kappa shape index (κ3) is 8.68. The molecular formula is C12H28N2O2. The molecule has 0 spiro atoms. The van der Waals surface area contributed by atoms with Gasteiger partial charge >= 0.3 is 5.97 Å². The molecule has 0 aromatic heterocycles. The fourth-order valence-electron chi connectivity index (χ4n) is 1.25. The summed E-state index contributed by atoms with van der Waals surface area (Å²) in [4.78, 5) is 15.3. The van der Waals surface area contributed by atoms with Gasteiger partial charge in [0.2, 0.25) is 0 Å². The molecule has 1 saturated heterocycles. The first-order chi connectivity index (χ1) is 7.72. The minimum atomic E-state index is -0.139. The van der Waals surface area contributed by atoms with Gasteiger partial charge in [0.05, 0.1) is 13.7 Å². The van der Waals surface area contributed by atoms with Gasteiger partial charge in [0.25, 0.3) is 0 Å². The SMILES string of the molecule is CC.CC.COC(=O)CN1CCN(C)CC1. The lowest BCUT2D eigenvalue weighted by Crippen LogP contribution is -2.46. The van der Waals surface area contributed by atoms with Gasteiger partial charge in [-0.25, -0.2) is 0 Å². The highest BCUT2D eigenvalue weighted by Gasteiger charge is 2.16. The van der Waals surface area contributed by atoms with E-state index in [0.29, 0.717) is 6.54 Å². The zero-order chi connectivity index (χ0) is 13.0. The summed E-state index contributed by atoms with van der Waals surface area (Å²) in [5.74, 6) is -0.139. The van der Waals surface area contributed by atoms with Crippen LogP contribution >= 0.6 is 0 Å². The van der Waals surface area contributed by atoms with Crippen LogP contribution < -0.4 is 0 Å². The van der Waals surface area contributed by atoms with Crippen molar-refractivity contribution >= 4 is 5.97 Å². The maximum Gasteiger partial charge on any atom is 0.319 e. The molecule has 0 aromatic carbocycles.